The van der Waals surface area contributed by atoms with Crippen molar-refractivity contribution in [1.29, 1.82) is 0 Å². The Bertz CT molecular complexity index is 695. The highest BCUT2D eigenvalue weighted by atomic mass is 16.4. The third kappa shape index (κ3) is 2.80. The molecule has 2 aromatic rings. The van der Waals surface area contributed by atoms with Gasteiger partial charge in [0.25, 0.3) is 6.01 Å². The van der Waals surface area contributed by atoms with Gasteiger partial charge in [0.15, 0.2) is 0 Å². The highest BCUT2D eigenvalue weighted by Gasteiger charge is 2.22. The molecule has 3 nitrogen and oxygen atoms in total. The third-order valence-corrected chi connectivity index (χ3v) is 4.51. The first kappa shape index (κ1) is 14.9. The molecular weight excluding hydrogens is 272 g/mol. The summed E-state index contributed by atoms with van der Waals surface area (Å²) in [5, 5.41) is 0. The molecule has 0 aliphatic carbocycles. The molecule has 0 saturated carbocycles. The van der Waals surface area contributed by atoms with E-state index in [-0.39, 0.29) is 0 Å². The molecule has 3 rings (SSSR count). The van der Waals surface area contributed by atoms with E-state index in [2.05, 4.69) is 54.9 Å². The van der Waals surface area contributed by atoms with Crippen molar-refractivity contribution in [2.45, 2.75) is 40.5 Å². The van der Waals surface area contributed by atoms with Crippen molar-refractivity contribution in [1.82, 2.24) is 4.98 Å². The summed E-state index contributed by atoms with van der Waals surface area (Å²) in [4.78, 5) is 6.91. The zero-order valence-electron chi connectivity index (χ0n) is 13.9. The van der Waals surface area contributed by atoms with Gasteiger partial charge in [0, 0.05) is 13.1 Å². The van der Waals surface area contributed by atoms with Crippen LogP contribution in [0.5, 0.6) is 0 Å². The van der Waals surface area contributed by atoms with Crippen molar-refractivity contribution in [3.8, 4) is 0 Å². The first-order chi connectivity index (χ1) is 10.6. The van der Waals surface area contributed by atoms with Crippen LogP contribution in [0.15, 0.2) is 34.3 Å². The number of benzene rings is 1. The van der Waals surface area contributed by atoms with Gasteiger partial charge in [-0.2, -0.15) is 4.98 Å². The minimum atomic E-state index is 0.770. The van der Waals surface area contributed by atoms with E-state index in [1.54, 1.807) is 0 Å². The van der Waals surface area contributed by atoms with Crippen molar-refractivity contribution in [3.05, 3.63) is 52.4 Å². The van der Waals surface area contributed by atoms with Gasteiger partial charge in [0.2, 0.25) is 0 Å². The lowest BCUT2D eigenvalue weighted by atomic mass is 9.94. The smallest absolute Gasteiger partial charge is 0.298 e. The second-order valence-corrected chi connectivity index (χ2v) is 6.15. The minimum Gasteiger partial charge on any atom is -0.429 e. The molecule has 2 heterocycles. The van der Waals surface area contributed by atoms with Crippen LogP contribution in [0.25, 0.3) is 5.57 Å². The molecule has 3 heteroatoms. The molecule has 116 valence electrons. The second kappa shape index (κ2) is 5.99. The van der Waals surface area contributed by atoms with E-state index in [0.717, 1.165) is 43.4 Å². The van der Waals surface area contributed by atoms with Gasteiger partial charge in [0.05, 0.1) is 5.69 Å². The standard InChI is InChI=1S/C19H24N2O/c1-5-18-15(4)22-19(20-18)21-11-10-14(3)17(12-21)16-8-6-13(2)7-9-16/h6-9H,5,10-12H2,1-4H3. The number of oxazole rings is 1. The number of aryl methyl sites for hydroxylation is 3. The molecule has 0 N–H and O–H groups in total. The summed E-state index contributed by atoms with van der Waals surface area (Å²) in [6, 6.07) is 9.57. The molecule has 0 saturated heterocycles. The van der Waals surface area contributed by atoms with E-state index in [1.807, 2.05) is 6.92 Å². The topological polar surface area (TPSA) is 29.3 Å². The third-order valence-electron chi connectivity index (χ3n) is 4.51. The van der Waals surface area contributed by atoms with E-state index in [4.69, 9.17) is 4.42 Å². The molecule has 1 aliphatic rings. The maximum Gasteiger partial charge on any atom is 0.298 e. The van der Waals surface area contributed by atoms with E-state index >= 15 is 0 Å². The summed E-state index contributed by atoms with van der Waals surface area (Å²) < 4.78 is 5.88. The molecule has 1 aromatic carbocycles. The predicted molar refractivity (Wildman–Crippen MR) is 91.2 cm³/mol. The van der Waals surface area contributed by atoms with E-state index in [0.29, 0.717) is 0 Å². The van der Waals surface area contributed by atoms with Gasteiger partial charge in [-0.15, -0.1) is 0 Å². The SMILES string of the molecule is CCc1nc(N2CCC(C)=C(c3ccc(C)cc3)C2)oc1C. The molecule has 0 amide bonds. The van der Waals surface area contributed by atoms with Gasteiger partial charge >= 0.3 is 0 Å². The Morgan fingerprint density at radius 3 is 2.50 bits per heavy atom. The number of nitrogens with zero attached hydrogens (tertiary/aromatic N) is 2. The Hall–Kier alpha value is -2.03. The fraction of sp³-hybridized carbons (Fsp3) is 0.421. The van der Waals surface area contributed by atoms with Gasteiger partial charge in [-0.3, -0.25) is 0 Å². The molecule has 0 atom stereocenters. The minimum absolute atomic E-state index is 0.770. The number of aromatic nitrogens is 1. The molecule has 0 spiro atoms. The summed E-state index contributed by atoms with van der Waals surface area (Å²) in [7, 11) is 0. The van der Waals surface area contributed by atoms with E-state index < -0.39 is 0 Å². The van der Waals surface area contributed by atoms with Gasteiger partial charge in [0.1, 0.15) is 5.76 Å². The number of hydrogen-bond donors (Lipinski definition) is 0. The first-order valence-corrected chi connectivity index (χ1v) is 8.05. The molecule has 22 heavy (non-hydrogen) atoms. The first-order valence-electron chi connectivity index (χ1n) is 8.05. The van der Waals surface area contributed by atoms with E-state index in [9.17, 15) is 0 Å². The van der Waals surface area contributed by atoms with Crippen LogP contribution in [0.2, 0.25) is 0 Å². The van der Waals surface area contributed by atoms with Crippen LogP contribution < -0.4 is 4.90 Å². The number of rotatable bonds is 3. The maximum absolute atomic E-state index is 5.88. The Labute approximate surface area is 132 Å². The zero-order valence-corrected chi connectivity index (χ0v) is 13.9. The highest BCUT2D eigenvalue weighted by Crippen LogP contribution is 2.30. The zero-order chi connectivity index (χ0) is 15.7. The lowest BCUT2D eigenvalue weighted by Gasteiger charge is -2.29. The van der Waals surface area contributed by atoms with Crippen molar-refractivity contribution >= 4 is 11.6 Å². The summed E-state index contributed by atoms with van der Waals surface area (Å²) >= 11 is 0. The van der Waals surface area contributed by atoms with Crippen LogP contribution in [-0.2, 0) is 6.42 Å². The normalized spacial score (nSPS) is 15.5. The van der Waals surface area contributed by atoms with E-state index in [1.165, 1.54) is 22.3 Å². The average Bonchev–Trinajstić information content (AvgIpc) is 2.90. The fourth-order valence-corrected chi connectivity index (χ4v) is 2.99. The summed E-state index contributed by atoms with van der Waals surface area (Å²) in [6.07, 6.45) is 1.98. The van der Waals surface area contributed by atoms with Crippen molar-refractivity contribution < 1.29 is 4.42 Å². The van der Waals surface area contributed by atoms with Crippen molar-refractivity contribution in [3.63, 3.8) is 0 Å². The number of hydrogen-bond acceptors (Lipinski definition) is 3. The Kier molecular flexibility index (Phi) is 4.06. The predicted octanol–water partition coefficient (Wildman–Crippen LogP) is 4.54. The monoisotopic (exact) mass is 296 g/mol. The Morgan fingerprint density at radius 1 is 1.14 bits per heavy atom. The molecule has 1 aromatic heterocycles. The fourth-order valence-electron chi connectivity index (χ4n) is 2.99. The summed E-state index contributed by atoms with van der Waals surface area (Å²) in [5.41, 5.74) is 6.55. The van der Waals surface area contributed by atoms with Crippen LogP contribution in [0, 0.1) is 13.8 Å². The molecule has 0 radical (unpaired) electrons. The highest BCUT2D eigenvalue weighted by molar-refractivity contribution is 5.73. The maximum atomic E-state index is 5.88. The van der Waals surface area contributed by atoms with Gasteiger partial charge in [-0.25, -0.2) is 0 Å². The molecular formula is C19H24N2O. The quantitative estimate of drug-likeness (QED) is 0.833. The summed E-state index contributed by atoms with van der Waals surface area (Å²) in [6.45, 7) is 10.3. The lowest BCUT2D eigenvalue weighted by molar-refractivity contribution is 0.510. The van der Waals surface area contributed by atoms with Gasteiger partial charge in [-0.1, -0.05) is 42.3 Å². The lowest BCUT2D eigenvalue weighted by Crippen LogP contribution is -2.31. The van der Waals surface area contributed by atoms with Crippen molar-refractivity contribution in [2.24, 2.45) is 0 Å². The van der Waals surface area contributed by atoms with Crippen LogP contribution in [-0.4, -0.2) is 18.1 Å². The largest absolute Gasteiger partial charge is 0.429 e. The van der Waals surface area contributed by atoms with Gasteiger partial charge < -0.3 is 9.32 Å². The summed E-state index contributed by atoms with van der Waals surface area (Å²) in [5.74, 6) is 0.945. The second-order valence-electron chi connectivity index (χ2n) is 6.15. The molecule has 0 fully saturated rings. The van der Waals surface area contributed by atoms with Gasteiger partial charge in [-0.05, 0) is 44.7 Å². The molecule has 0 unspecified atom stereocenters. The van der Waals surface area contributed by atoms with Crippen LogP contribution in [0.4, 0.5) is 6.01 Å². The number of anilines is 1. The molecule has 1 aliphatic heterocycles. The average molecular weight is 296 g/mol. The molecule has 0 bridgehead atoms. The van der Waals surface area contributed by atoms with Crippen LogP contribution in [0.1, 0.15) is 42.8 Å². The Balaban J connectivity index is 1.87. The van der Waals surface area contributed by atoms with Crippen LogP contribution >= 0.6 is 0 Å². The Morgan fingerprint density at radius 2 is 1.86 bits per heavy atom. The van der Waals surface area contributed by atoms with Crippen molar-refractivity contribution in [2.75, 3.05) is 18.0 Å². The van der Waals surface area contributed by atoms with Crippen LogP contribution in [0.3, 0.4) is 0 Å².